The van der Waals surface area contributed by atoms with Crippen molar-refractivity contribution in [2.24, 2.45) is 0 Å². The molecule has 0 heterocycles. The lowest BCUT2D eigenvalue weighted by Crippen LogP contribution is -2.11. The van der Waals surface area contributed by atoms with Crippen LogP contribution in [0.15, 0.2) is 6.07 Å². The zero-order chi connectivity index (χ0) is 13.0. The van der Waals surface area contributed by atoms with Crippen LogP contribution < -0.4 is 0 Å². The molecule has 0 aliphatic heterocycles. The minimum Gasteiger partial charge on any atom is -0.462 e. The van der Waals surface area contributed by atoms with Crippen LogP contribution in [0.1, 0.15) is 22.8 Å². The van der Waals surface area contributed by atoms with E-state index in [4.69, 9.17) is 5.26 Å². The fourth-order valence-corrected chi connectivity index (χ4v) is 1.23. The van der Waals surface area contributed by atoms with Gasteiger partial charge in [0.05, 0.1) is 19.1 Å². The van der Waals surface area contributed by atoms with Crippen molar-refractivity contribution in [3.8, 4) is 6.07 Å². The molecule has 6 heteroatoms. The highest BCUT2D eigenvalue weighted by Crippen LogP contribution is 2.21. The third kappa shape index (κ3) is 2.56. The summed E-state index contributed by atoms with van der Waals surface area (Å²) in [6, 6.07) is 2.03. The van der Waals surface area contributed by atoms with Crippen LogP contribution in [0, 0.1) is 28.8 Å². The maximum Gasteiger partial charge on any atom is 0.341 e. The molecule has 1 aromatic rings. The Morgan fingerprint density at radius 3 is 2.59 bits per heavy atom. The van der Waals surface area contributed by atoms with Gasteiger partial charge < -0.3 is 4.74 Å². The summed E-state index contributed by atoms with van der Waals surface area (Å²) in [6.07, 6.45) is -0.613. The minimum absolute atomic E-state index is 0.0402. The molecule has 0 aromatic heterocycles. The van der Waals surface area contributed by atoms with Crippen molar-refractivity contribution >= 4 is 5.97 Å². The molecule has 0 N–H and O–H groups in total. The maximum absolute atomic E-state index is 13.4. The van der Waals surface area contributed by atoms with Crippen LogP contribution in [0.5, 0.6) is 0 Å². The van der Waals surface area contributed by atoms with Crippen LogP contribution in [0.4, 0.5) is 13.2 Å². The van der Waals surface area contributed by atoms with Crippen molar-refractivity contribution < 1.29 is 22.7 Å². The fraction of sp³-hybridized carbons (Fsp3) is 0.273. The summed E-state index contributed by atoms with van der Waals surface area (Å²) in [5, 5.41) is 8.32. The number of ether oxygens (including phenoxy) is 1. The highest BCUT2D eigenvalue weighted by molar-refractivity contribution is 5.89. The molecule has 0 radical (unpaired) electrons. The number of nitriles is 1. The number of carbonyl (C=O) groups is 1. The van der Waals surface area contributed by atoms with Gasteiger partial charge in [-0.1, -0.05) is 0 Å². The number of nitrogens with zero attached hydrogens (tertiary/aromatic N) is 1. The van der Waals surface area contributed by atoms with E-state index in [2.05, 4.69) is 4.74 Å². The summed E-state index contributed by atoms with van der Waals surface area (Å²) < 4.78 is 44.5. The Balaban J connectivity index is 3.29. The van der Waals surface area contributed by atoms with Gasteiger partial charge in [-0.15, -0.1) is 0 Å². The molecule has 0 unspecified atom stereocenters. The highest BCUT2D eigenvalue weighted by Gasteiger charge is 2.23. The summed E-state index contributed by atoms with van der Waals surface area (Å²) in [6.45, 7) is 1.44. The summed E-state index contributed by atoms with van der Waals surface area (Å²) >= 11 is 0. The van der Waals surface area contributed by atoms with Gasteiger partial charge in [0, 0.05) is 5.56 Å². The first-order chi connectivity index (χ1) is 8.02. The van der Waals surface area contributed by atoms with Gasteiger partial charge in [-0.3, -0.25) is 0 Å². The number of hydrogen-bond acceptors (Lipinski definition) is 3. The van der Waals surface area contributed by atoms with Crippen molar-refractivity contribution in [3.63, 3.8) is 0 Å². The van der Waals surface area contributed by atoms with E-state index in [0.717, 1.165) is 0 Å². The van der Waals surface area contributed by atoms with Gasteiger partial charge in [-0.05, 0) is 13.0 Å². The lowest BCUT2D eigenvalue weighted by atomic mass is 10.1. The Kier molecular flexibility index (Phi) is 4.10. The second-order valence-electron chi connectivity index (χ2n) is 3.07. The first-order valence-corrected chi connectivity index (χ1v) is 4.73. The number of carbonyl (C=O) groups excluding carboxylic acids is 1. The van der Waals surface area contributed by atoms with Crippen molar-refractivity contribution in [1.82, 2.24) is 0 Å². The van der Waals surface area contributed by atoms with Gasteiger partial charge in [0.25, 0.3) is 0 Å². The predicted octanol–water partition coefficient (Wildman–Crippen LogP) is 2.35. The molecule has 0 saturated heterocycles. The van der Waals surface area contributed by atoms with Gasteiger partial charge in [0.2, 0.25) is 0 Å². The van der Waals surface area contributed by atoms with Gasteiger partial charge >= 0.3 is 5.97 Å². The van der Waals surface area contributed by atoms with E-state index < -0.39 is 41.0 Å². The first kappa shape index (κ1) is 13.0. The molecule has 0 fully saturated rings. The van der Waals surface area contributed by atoms with E-state index in [1.54, 1.807) is 0 Å². The standard InChI is InChI=1S/C11H8F3NO2/c1-2-17-11(16)7-5-8(12)6(3-4-15)9(13)10(7)14/h5H,2-3H2,1H3. The van der Waals surface area contributed by atoms with Crippen molar-refractivity contribution in [2.75, 3.05) is 6.61 Å². The van der Waals surface area contributed by atoms with Crippen LogP contribution >= 0.6 is 0 Å². The van der Waals surface area contributed by atoms with E-state index >= 15 is 0 Å². The Morgan fingerprint density at radius 1 is 1.41 bits per heavy atom. The largest absolute Gasteiger partial charge is 0.462 e. The van der Waals surface area contributed by atoms with Crippen LogP contribution in [0.2, 0.25) is 0 Å². The van der Waals surface area contributed by atoms with E-state index in [9.17, 15) is 18.0 Å². The average Bonchev–Trinajstić information content (AvgIpc) is 2.29. The highest BCUT2D eigenvalue weighted by atomic mass is 19.2. The first-order valence-electron chi connectivity index (χ1n) is 4.73. The predicted molar refractivity (Wildman–Crippen MR) is 51.6 cm³/mol. The summed E-state index contributed by atoms with van der Waals surface area (Å²) in [4.78, 5) is 11.2. The van der Waals surface area contributed by atoms with E-state index in [-0.39, 0.29) is 6.61 Å². The third-order valence-corrected chi connectivity index (χ3v) is 2.00. The summed E-state index contributed by atoms with van der Waals surface area (Å²) in [5.41, 5.74) is -1.51. The molecule has 0 aliphatic carbocycles. The Labute approximate surface area is 95.4 Å². The molecule has 17 heavy (non-hydrogen) atoms. The molecule has 3 nitrogen and oxygen atoms in total. The summed E-state index contributed by atoms with van der Waals surface area (Å²) in [5.74, 6) is -5.33. The summed E-state index contributed by atoms with van der Waals surface area (Å²) in [7, 11) is 0. The normalized spacial score (nSPS) is 9.82. The van der Waals surface area contributed by atoms with Crippen molar-refractivity contribution in [2.45, 2.75) is 13.3 Å². The van der Waals surface area contributed by atoms with E-state index in [1.165, 1.54) is 13.0 Å². The molecule has 1 rings (SSSR count). The second kappa shape index (κ2) is 5.34. The Morgan fingerprint density at radius 2 is 2.06 bits per heavy atom. The molecular formula is C11H8F3NO2. The zero-order valence-corrected chi connectivity index (χ0v) is 8.89. The fourth-order valence-electron chi connectivity index (χ4n) is 1.23. The molecule has 0 amide bonds. The molecular weight excluding hydrogens is 235 g/mol. The van der Waals surface area contributed by atoms with E-state index in [1.807, 2.05) is 0 Å². The smallest absolute Gasteiger partial charge is 0.341 e. The second-order valence-corrected chi connectivity index (χ2v) is 3.07. The molecule has 0 bridgehead atoms. The van der Waals surface area contributed by atoms with Crippen LogP contribution in [0.3, 0.4) is 0 Å². The zero-order valence-electron chi connectivity index (χ0n) is 8.89. The van der Waals surface area contributed by atoms with Crippen molar-refractivity contribution in [3.05, 3.63) is 34.6 Å². The van der Waals surface area contributed by atoms with Crippen LogP contribution in [-0.2, 0) is 11.2 Å². The number of rotatable bonds is 3. The number of hydrogen-bond donors (Lipinski definition) is 0. The topological polar surface area (TPSA) is 50.1 Å². The number of halogens is 3. The monoisotopic (exact) mass is 243 g/mol. The SMILES string of the molecule is CCOC(=O)c1cc(F)c(CC#N)c(F)c1F. The quantitative estimate of drug-likeness (QED) is 0.604. The number of esters is 1. The molecule has 0 saturated carbocycles. The molecule has 1 aromatic carbocycles. The number of benzene rings is 1. The Hall–Kier alpha value is -2.03. The molecule has 0 atom stereocenters. The maximum atomic E-state index is 13.4. The molecule has 90 valence electrons. The molecule has 0 aliphatic rings. The Bertz CT molecular complexity index is 494. The van der Waals surface area contributed by atoms with E-state index in [0.29, 0.717) is 6.07 Å². The lowest BCUT2D eigenvalue weighted by Gasteiger charge is -2.07. The third-order valence-electron chi connectivity index (χ3n) is 2.00. The van der Waals surface area contributed by atoms with Crippen LogP contribution in [0.25, 0.3) is 0 Å². The van der Waals surface area contributed by atoms with Crippen LogP contribution in [-0.4, -0.2) is 12.6 Å². The lowest BCUT2D eigenvalue weighted by molar-refractivity contribution is 0.0519. The van der Waals surface area contributed by atoms with Gasteiger partial charge in [0.15, 0.2) is 11.6 Å². The van der Waals surface area contributed by atoms with Crippen molar-refractivity contribution in [1.29, 1.82) is 5.26 Å². The minimum atomic E-state index is -1.53. The van der Waals surface area contributed by atoms with Gasteiger partial charge in [-0.2, -0.15) is 5.26 Å². The van der Waals surface area contributed by atoms with Gasteiger partial charge in [-0.25, -0.2) is 18.0 Å². The average molecular weight is 243 g/mol. The van der Waals surface area contributed by atoms with Gasteiger partial charge in [0.1, 0.15) is 11.4 Å². The molecule has 0 spiro atoms.